The molecule has 0 aromatic heterocycles. The van der Waals surface area contributed by atoms with Gasteiger partial charge in [0, 0.05) is 106 Å². The Labute approximate surface area is 780 Å². The largest absolute Gasteiger partial charge is 0.508 e. The number of hydrogen-bond donors (Lipinski definition) is 6. The van der Waals surface area contributed by atoms with Crippen molar-refractivity contribution in [2.45, 2.75) is 158 Å². The van der Waals surface area contributed by atoms with Crippen LogP contribution in [0.3, 0.4) is 0 Å². The van der Waals surface area contributed by atoms with Crippen molar-refractivity contribution in [3.05, 3.63) is 381 Å². The molecule has 0 atom stereocenters. The smallest absolute Gasteiger partial charge is 0.322 e. The number of thioether (sulfide) groups is 1. The summed E-state index contributed by atoms with van der Waals surface area (Å²) >= 11 is 7.74. The second-order valence-electron chi connectivity index (χ2n) is 34.7. The molecule has 24 heteroatoms. The number of phenolic OH excluding ortho intramolecular Hbond substituents is 1. The summed E-state index contributed by atoms with van der Waals surface area (Å²) in [6.45, 7) is 27.1. The number of phenols is 1. The van der Waals surface area contributed by atoms with E-state index in [2.05, 4.69) is 138 Å². The number of halogens is 5. The van der Waals surface area contributed by atoms with Crippen LogP contribution >= 0.6 is 23.4 Å². The van der Waals surface area contributed by atoms with Gasteiger partial charge in [0.15, 0.2) is 0 Å². The van der Waals surface area contributed by atoms with Gasteiger partial charge in [-0.15, -0.1) is 11.8 Å². The van der Waals surface area contributed by atoms with E-state index in [1.807, 2.05) is 112 Å². The van der Waals surface area contributed by atoms with Gasteiger partial charge >= 0.3 is 30.2 Å². The fraction of sp³-hybridized carbons (Fsp3) is 0.278. The summed E-state index contributed by atoms with van der Waals surface area (Å²) in [7, 11) is 0. The van der Waals surface area contributed by atoms with Crippen LogP contribution in [0.1, 0.15) is 128 Å². The number of aromatic hydroxyl groups is 1. The van der Waals surface area contributed by atoms with Crippen molar-refractivity contribution in [3.8, 4) is 5.75 Å². The molecule has 132 heavy (non-hydrogen) atoms. The number of nitrogens with one attached hydrogen (secondary N) is 5. The van der Waals surface area contributed by atoms with Crippen molar-refractivity contribution in [2.75, 3.05) is 72.1 Å². The van der Waals surface area contributed by atoms with Gasteiger partial charge in [-0.1, -0.05) is 185 Å². The number of para-hydroxylation sites is 1. The molecule has 0 saturated heterocycles. The lowest BCUT2D eigenvalue weighted by Crippen LogP contribution is -2.39. The topological polar surface area (TPSA) is 202 Å². The Morgan fingerprint density at radius 1 is 0.326 bits per heavy atom. The summed E-state index contributed by atoms with van der Waals surface area (Å²) < 4.78 is 54.6. The van der Waals surface area contributed by atoms with E-state index in [0.29, 0.717) is 93.0 Å². The molecule has 0 fully saturated rings. The fourth-order valence-corrected chi connectivity index (χ4v) is 17.4. The summed E-state index contributed by atoms with van der Waals surface area (Å²) in [5.74, 6) is -1.27. The molecule has 6 aliphatic rings. The van der Waals surface area contributed by atoms with E-state index in [0.717, 1.165) is 101 Å². The number of aryl methyl sites for hydroxylation is 9. The van der Waals surface area contributed by atoms with Crippen molar-refractivity contribution >= 4 is 87.9 Å². The van der Waals surface area contributed by atoms with Crippen molar-refractivity contribution in [1.29, 1.82) is 0 Å². The first-order valence-electron chi connectivity index (χ1n) is 44.5. The molecule has 12 aromatic rings. The van der Waals surface area contributed by atoms with Gasteiger partial charge in [-0.3, -0.25) is 4.79 Å². The quantitative estimate of drug-likeness (QED) is 0.0637. The molecule has 0 bridgehead atoms. The second kappa shape index (κ2) is 44.5. The molecular formula is C108H114ClF4N11O7S. The number of anilines is 5. The highest BCUT2D eigenvalue weighted by Crippen LogP contribution is 2.33. The highest BCUT2D eigenvalue weighted by atomic mass is 35.5. The van der Waals surface area contributed by atoms with Crippen molar-refractivity contribution in [1.82, 2.24) is 29.4 Å². The monoisotopic (exact) mass is 1820 g/mol. The predicted octanol–water partition coefficient (Wildman–Crippen LogP) is 23.9. The molecule has 18 nitrogen and oxygen atoms in total. The van der Waals surface area contributed by atoms with Crippen molar-refractivity contribution < 1.29 is 51.4 Å². The van der Waals surface area contributed by atoms with Gasteiger partial charge < -0.3 is 61.1 Å². The van der Waals surface area contributed by atoms with Gasteiger partial charge in [-0.2, -0.15) is 0 Å². The van der Waals surface area contributed by atoms with Gasteiger partial charge in [0.25, 0.3) is 0 Å². The molecule has 6 heterocycles. The third-order valence-electron chi connectivity index (χ3n) is 24.5. The standard InChI is InChI=1S/C18H19ClN2O.3C18H19FN2O.C18H18FNO2.C18H20N2OS/c1-12-6-7-14-8-9-21(11-15(14)10-12)18(22)20-17-5-3-4-16(19)13(17)2;1-12-3-5-14-7-8-21(11-15(14)9-12)18(22)20-16-6-4-13(2)17(19)10-16;1-12-3-5-14-7-8-21(11-15(14)9-12)18(22)20-17-10-16(19)6-4-13(17)2;1-12-3-5-14-7-8-21(11-15(14)9-12)18(22)20-17-6-4-13(2)10-16(17)19;1-12-2-3-14(17(19)8-12)10-18(22)20-7-6-13-4-5-16(21)9-15(13)11-20;1-13-7-8-14-9-10-20(12-15(14)11-13)18(21)19-16-5-3-4-6-17(16)22-2/h3-7,10H,8-9,11H2,1-2H3,(H,20,22);3*3-6,9-10H,7-8,11H2,1-2H3,(H,20,22);2-5,8-9,21H,6-7,10-11H2,1H3;3-8,11H,9-10,12H2,1-2H3,(H,19,21). The first-order chi connectivity index (χ1) is 63.3. The molecule has 11 amide bonds. The Kier molecular flexibility index (Phi) is 32.4. The van der Waals surface area contributed by atoms with Crippen LogP contribution in [-0.4, -0.2) is 116 Å². The van der Waals surface area contributed by atoms with E-state index < -0.39 is 5.82 Å². The van der Waals surface area contributed by atoms with Crippen LogP contribution in [0.2, 0.25) is 5.02 Å². The van der Waals surface area contributed by atoms with Gasteiger partial charge in [-0.05, 0) is 293 Å². The number of urea groups is 5. The first-order valence-corrected chi connectivity index (χ1v) is 46.1. The van der Waals surface area contributed by atoms with Crippen LogP contribution in [0.5, 0.6) is 5.75 Å². The van der Waals surface area contributed by atoms with Crippen molar-refractivity contribution in [2.24, 2.45) is 0 Å². The van der Waals surface area contributed by atoms with Crippen LogP contribution < -0.4 is 26.6 Å². The summed E-state index contributed by atoms with van der Waals surface area (Å²) in [5, 5.41) is 24.5. The lowest BCUT2D eigenvalue weighted by molar-refractivity contribution is -0.131. The van der Waals surface area contributed by atoms with Crippen LogP contribution in [0.25, 0.3) is 0 Å². The molecule has 0 saturated carbocycles. The average Bonchev–Trinajstić information content (AvgIpc) is 0.830. The lowest BCUT2D eigenvalue weighted by atomic mass is 9.98. The number of hydrogen-bond acceptors (Lipinski definition) is 8. The molecule has 684 valence electrons. The third-order valence-corrected chi connectivity index (χ3v) is 25.7. The molecule has 6 N–H and O–H groups in total. The second-order valence-corrected chi connectivity index (χ2v) is 35.9. The van der Waals surface area contributed by atoms with Gasteiger partial charge in [-0.25, -0.2) is 41.5 Å². The number of fused-ring (bicyclic) bond motifs is 6. The molecular weight excluding hydrogens is 1710 g/mol. The van der Waals surface area contributed by atoms with E-state index in [4.69, 9.17) is 11.6 Å². The van der Waals surface area contributed by atoms with E-state index >= 15 is 0 Å². The Bertz CT molecular complexity index is 6070. The Balaban J connectivity index is 0.000000135. The van der Waals surface area contributed by atoms with Gasteiger partial charge in [0.05, 0.1) is 17.8 Å². The summed E-state index contributed by atoms with van der Waals surface area (Å²) in [4.78, 5) is 86.4. The minimum Gasteiger partial charge on any atom is -0.508 e. The first kappa shape index (κ1) is 96.2. The zero-order valence-corrected chi connectivity index (χ0v) is 78.2. The molecule has 12 aromatic carbocycles. The Hall–Kier alpha value is -13.4. The highest BCUT2D eigenvalue weighted by Gasteiger charge is 2.29. The lowest BCUT2D eigenvalue weighted by Gasteiger charge is -2.29. The molecule has 18 rings (SSSR count). The number of rotatable bonds is 8. The number of amides is 11. The zero-order valence-electron chi connectivity index (χ0n) is 76.7. The maximum Gasteiger partial charge on any atom is 0.322 e. The van der Waals surface area contributed by atoms with Crippen LogP contribution in [0.15, 0.2) is 229 Å². The van der Waals surface area contributed by atoms with E-state index in [1.54, 1.807) is 86.8 Å². The van der Waals surface area contributed by atoms with E-state index in [1.165, 1.54) is 114 Å². The minimum atomic E-state index is -0.401. The number of benzene rings is 12. The maximum atomic E-state index is 13.9. The number of carbonyl (C=O) groups excluding carboxylic acids is 6. The van der Waals surface area contributed by atoms with Gasteiger partial charge in [0.2, 0.25) is 5.91 Å². The SMILES string of the molecule is CSc1ccccc1NC(=O)N1CCc2ccc(C)cc2C1.Cc1ccc(CC(=O)N2CCc3ccc(O)cc3C2)c(F)c1.Cc1ccc(NC(=O)N2CCc3ccc(C)cc3C2)c(F)c1.Cc1ccc2c(c1)CN(C(=O)Nc1cc(F)ccc1C)CC2.Cc1ccc2c(c1)CN(C(=O)Nc1ccc(C)c(F)c1)CC2.Cc1ccc2c(c1)CN(C(=O)Nc1cccc(Cl)c1C)CC2. The number of carbonyl (C=O) groups is 6. The minimum absolute atomic E-state index is 0.0198. The fourth-order valence-electron chi connectivity index (χ4n) is 16.7. The van der Waals surface area contributed by atoms with Crippen LogP contribution in [0.4, 0.5) is 70.0 Å². The number of nitrogens with zero attached hydrogens (tertiary/aromatic N) is 6. The average molecular weight is 1820 g/mol. The summed E-state index contributed by atoms with van der Waals surface area (Å²) in [6, 6.07) is 68.9. The molecule has 0 aliphatic carbocycles. The van der Waals surface area contributed by atoms with Gasteiger partial charge in [0.1, 0.15) is 29.0 Å². The van der Waals surface area contributed by atoms with E-state index in [-0.39, 0.29) is 71.4 Å². The normalized spacial score (nSPS) is 13.7. The molecule has 6 aliphatic heterocycles. The molecule has 0 spiro atoms. The molecule has 0 radical (unpaired) electrons. The summed E-state index contributed by atoms with van der Waals surface area (Å²) in [5.41, 5.74) is 28.1. The zero-order chi connectivity index (χ0) is 94.0. The predicted molar refractivity (Wildman–Crippen MR) is 521 cm³/mol. The Morgan fingerprint density at radius 2 is 0.689 bits per heavy atom. The third kappa shape index (κ3) is 25.8. The molecule has 0 unspecified atom stereocenters. The highest BCUT2D eigenvalue weighted by molar-refractivity contribution is 7.98. The Morgan fingerprint density at radius 3 is 1.14 bits per heavy atom. The van der Waals surface area contributed by atoms with Crippen LogP contribution in [-0.2, 0) is 89.0 Å². The van der Waals surface area contributed by atoms with E-state index in [9.17, 15) is 51.4 Å². The summed E-state index contributed by atoms with van der Waals surface area (Å²) in [6.07, 6.45) is 7.21. The van der Waals surface area contributed by atoms with Crippen LogP contribution in [0, 0.1) is 92.5 Å². The van der Waals surface area contributed by atoms with Crippen molar-refractivity contribution in [3.63, 3.8) is 0 Å². The maximum absolute atomic E-state index is 13.9.